The number of hydrogen-bond acceptors (Lipinski definition) is 2. The van der Waals surface area contributed by atoms with E-state index in [9.17, 15) is 0 Å². The molecule has 0 saturated carbocycles. The molecular weight excluding hydrogens is 210 g/mol. The van der Waals surface area contributed by atoms with Gasteiger partial charge in [-0.15, -0.1) is 0 Å². The van der Waals surface area contributed by atoms with Gasteiger partial charge in [0.25, 0.3) is 0 Å². The first-order valence-corrected chi connectivity index (χ1v) is 5.88. The van der Waals surface area contributed by atoms with Crippen LogP contribution in [0.5, 0.6) is 0 Å². The largest absolute Gasteiger partial charge is 0.236 e. The Bertz CT molecular complexity index is 617. The highest BCUT2D eigenvalue weighted by atomic mass is 15.3. The number of nitriles is 1. The van der Waals surface area contributed by atoms with Gasteiger partial charge in [-0.2, -0.15) is 10.4 Å². The van der Waals surface area contributed by atoms with E-state index in [2.05, 4.69) is 30.2 Å². The highest BCUT2D eigenvalue weighted by Crippen LogP contribution is 2.28. The average molecular weight is 223 g/mol. The quantitative estimate of drug-likeness (QED) is 0.745. The molecule has 0 saturated heterocycles. The molecule has 0 amide bonds. The molecule has 1 aliphatic rings. The van der Waals surface area contributed by atoms with Gasteiger partial charge < -0.3 is 0 Å². The number of hydrogen-bond donors (Lipinski definition) is 0. The second-order valence-corrected chi connectivity index (χ2v) is 4.44. The van der Waals surface area contributed by atoms with Crippen LogP contribution in [0.4, 0.5) is 0 Å². The van der Waals surface area contributed by atoms with Crippen molar-refractivity contribution in [1.82, 2.24) is 9.78 Å². The lowest BCUT2D eigenvalue weighted by atomic mass is 10.2. The molecule has 1 aromatic heterocycles. The Labute approximate surface area is 100 Å². The molecule has 3 rings (SSSR count). The molecule has 2 aromatic rings. The topological polar surface area (TPSA) is 41.6 Å². The van der Waals surface area contributed by atoms with Crippen molar-refractivity contribution in [2.75, 3.05) is 0 Å². The van der Waals surface area contributed by atoms with Crippen molar-refractivity contribution in [3.05, 3.63) is 46.8 Å². The molecule has 0 unspecified atom stereocenters. The van der Waals surface area contributed by atoms with E-state index in [-0.39, 0.29) is 0 Å². The molecule has 0 aliphatic heterocycles. The molecule has 0 atom stereocenters. The third kappa shape index (κ3) is 1.45. The van der Waals surface area contributed by atoms with E-state index in [1.54, 1.807) is 0 Å². The number of fused-ring (bicyclic) bond motifs is 1. The highest BCUT2D eigenvalue weighted by molar-refractivity contribution is 5.46. The van der Waals surface area contributed by atoms with Crippen LogP contribution in [0.15, 0.2) is 24.3 Å². The fraction of sp³-hybridized carbons (Fsp3) is 0.286. The minimum atomic E-state index is 0.598. The van der Waals surface area contributed by atoms with Crippen LogP contribution in [0.1, 0.15) is 28.9 Å². The van der Waals surface area contributed by atoms with E-state index in [1.807, 2.05) is 16.8 Å². The van der Waals surface area contributed by atoms with Gasteiger partial charge >= 0.3 is 0 Å². The number of aryl methyl sites for hydroxylation is 1. The van der Waals surface area contributed by atoms with E-state index in [4.69, 9.17) is 5.26 Å². The molecule has 0 spiro atoms. The first kappa shape index (κ1) is 10.1. The minimum Gasteiger partial charge on any atom is -0.236 e. The predicted octanol–water partition coefficient (Wildman–Crippen LogP) is 2.54. The van der Waals surface area contributed by atoms with E-state index >= 15 is 0 Å². The number of aromatic nitrogens is 2. The van der Waals surface area contributed by atoms with Crippen molar-refractivity contribution >= 4 is 0 Å². The van der Waals surface area contributed by atoms with E-state index in [0.717, 1.165) is 30.5 Å². The van der Waals surface area contributed by atoms with Gasteiger partial charge in [0.2, 0.25) is 0 Å². The van der Waals surface area contributed by atoms with Crippen LogP contribution < -0.4 is 0 Å². The lowest BCUT2D eigenvalue weighted by Crippen LogP contribution is -2.03. The number of para-hydroxylation sites is 1. The van der Waals surface area contributed by atoms with Gasteiger partial charge in [-0.1, -0.05) is 18.2 Å². The van der Waals surface area contributed by atoms with E-state index < -0.39 is 0 Å². The third-order valence-electron chi connectivity index (χ3n) is 3.38. The summed E-state index contributed by atoms with van der Waals surface area (Å²) in [4.78, 5) is 0. The van der Waals surface area contributed by atoms with Crippen molar-refractivity contribution < 1.29 is 0 Å². The Morgan fingerprint density at radius 3 is 2.88 bits per heavy atom. The van der Waals surface area contributed by atoms with Crippen LogP contribution in [-0.2, 0) is 12.8 Å². The summed E-state index contributed by atoms with van der Waals surface area (Å²) in [5, 5.41) is 13.5. The predicted molar refractivity (Wildman–Crippen MR) is 65.0 cm³/mol. The average Bonchev–Trinajstić information content (AvgIpc) is 2.91. The van der Waals surface area contributed by atoms with Gasteiger partial charge in [0, 0.05) is 11.3 Å². The molecule has 84 valence electrons. The Hall–Kier alpha value is -2.08. The van der Waals surface area contributed by atoms with Crippen LogP contribution in [0, 0.1) is 18.3 Å². The SMILES string of the molecule is Cc1ccccc1-n1nc(C#N)c2c1CCC2. The Morgan fingerprint density at radius 2 is 2.12 bits per heavy atom. The summed E-state index contributed by atoms with van der Waals surface area (Å²) in [6, 6.07) is 10.4. The fourth-order valence-electron chi connectivity index (χ4n) is 2.53. The molecule has 3 heteroatoms. The second kappa shape index (κ2) is 3.74. The summed E-state index contributed by atoms with van der Waals surface area (Å²) in [5.41, 5.74) is 5.24. The minimum absolute atomic E-state index is 0.598. The molecule has 3 nitrogen and oxygen atoms in total. The summed E-state index contributed by atoms with van der Waals surface area (Å²) in [6.07, 6.45) is 3.15. The Balaban J connectivity index is 2.24. The normalized spacial score (nSPS) is 13.4. The Kier molecular flexibility index (Phi) is 2.22. The summed E-state index contributed by atoms with van der Waals surface area (Å²) < 4.78 is 1.95. The maximum atomic E-state index is 9.11. The molecular formula is C14H13N3. The molecule has 0 radical (unpaired) electrons. The van der Waals surface area contributed by atoms with Crippen molar-refractivity contribution in [2.24, 2.45) is 0 Å². The molecule has 1 aliphatic carbocycles. The van der Waals surface area contributed by atoms with Crippen molar-refractivity contribution in [3.8, 4) is 11.8 Å². The van der Waals surface area contributed by atoms with Crippen LogP contribution in [0.25, 0.3) is 5.69 Å². The van der Waals surface area contributed by atoms with Crippen molar-refractivity contribution in [1.29, 1.82) is 5.26 Å². The zero-order valence-electron chi connectivity index (χ0n) is 9.77. The monoisotopic (exact) mass is 223 g/mol. The number of benzene rings is 1. The van der Waals surface area contributed by atoms with Gasteiger partial charge in [-0.3, -0.25) is 0 Å². The third-order valence-corrected chi connectivity index (χ3v) is 3.38. The highest BCUT2D eigenvalue weighted by Gasteiger charge is 2.23. The Morgan fingerprint density at radius 1 is 1.29 bits per heavy atom. The van der Waals surface area contributed by atoms with Crippen LogP contribution >= 0.6 is 0 Å². The zero-order valence-corrected chi connectivity index (χ0v) is 9.77. The zero-order chi connectivity index (χ0) is 11.8. The van der Waals surface area contributed by atoms with E-state index in [0.29, 0.717) is 5.69 Å². The van der Waals surface area contributed by atoms with Crippen LogP contribution in [-0.4, -0.2) is 9.78 Å². The van der Waals surface area contributed by atoms with Gasteiger partial charge in [-0.05, 0) is 37.8 Å². The molecule has 1 heterocycles. The molecule has 0 fully saturated rings. The number of nitrogens with zero attached hydrogens (tertiary/aromatic N) is 3. The summed E-state index contributed by atoms with van der Waals surface area (Å²) >= 11 is 0. The molecule has 17 heavy (non-hydrogen) atoms. The van der Waals surface area contributed by atoms with Gasteiger partial charge in [0.05, 0.1) is 5.69 Å². The molecule has 0 bridgehead atoms. The van der Waals surface area contributed by atoms with Gasteiger partial charge in [0.1, 0.15) is 6.07 Å². The first-order chi connectivity index (χ1) is 8.31. The number of rotatable bonds is 1. The first-order valence-electron chi connectivity index (χ1n) is 5.88. The maximum Gasteiger partial charge on any atom is 0.166 e. The summed E-state index contributed by atoms with van der Waals surface area (Å²) in [6.45, 7) is 2.07. The second-order valence-electron chi connectivity index (χ2n) is 4.44. The summed E-state index contributed by atoms with van der Waals surface area (Å²) in [5.74, 6) is 0. The van der Waals surface area contributed by atoms with E-state index in [1.165, 1.54) is 11.3 Å². The van der Waals surface area contributed by atoms with Crippen LogP contribution in [0.2, 0.25) is 0 Å². The van der Waals surface area contributed by atoms with Crippen molar-refractivity contribution in [3.63, 3.8) is 0 Å². The maximum absolute atomic E-state index is 9.11. The molecule has 0 N–H and O–H groups in total. The van der Waals surface area contributed by atoms with Gasteiger partial charge in [-0.25, -0.2) is 4.68 Å². The van der Waals surface area contributed by atoms with Crippen molar-refractivity contribution in [2.45, 2.75) is 26.2 Å². The molecule has 1 aromatic carbocycles. The fourth-order valence-corrected chi connectivity index (χ4v) is 2.53. The lowest BCUT2D eigenvalue weighted by Gasteiger charge is -2.08. The standard InChI is InChI=1S/C14H13N3/c1-10-5-2-3-7-13(10)17-14-8-4-6-11(14)12(9-15)16-17/h2-3,5,7H,4,6,8H2,1H3. The van der Waals surface area contributed by atoms with Gasteiger partial charge in [0.15, 0.2) is 5.69 Å². The lowest BCUT2D eigenvalue weighted by molar-refractivity contribution is 0.776. The smallest absolute Gasteiger partial charge is 0.166 e. The summed E-state index contributed by atoms with van der Waals surface area (Å²) in [7, 11) is 0. The van der Waals surface area contributed by atoms with Crippen LogP contribution in [0.3, 0.4) is 0 Å².